The first-order valence-corrected chi connectivity index (χ1v) is 6.41. The van der Waals surface area contributed by atoms with E-state index in [-0.39, 0.29) is 23.7 Å². The number of nitrogens with one attached hydrogen (secondary N) is 1. The summed E-state index contributed by atoms with van der Waals surface area (Å²) in [7, 11) is 1.61. The molecule has 1 aliphatic rings. The molecule has 5 nitrogen and oxygen atoms in total. The highest BCUT2D eigenvalue weighted by Gasteiger charge is 2.32. The fourth-order valence-corrected chi connectivity index (χ4v) is 2.28. The molecule has 18 heavy (non-hydrogen) atoms. The van der Waals surface area contributed by atoms with E-state index in [0.717, 1.165) is 12.8 Å². The third-order valence-electron chi connectivity index (χ3n) is 3.42. The highest BCUT2D eigenvalue weighted by molar-refractivity contribution is 5.83. The number of hydrogen-bond donors (Lipinski definition) is 1. The number of carbonyl (C=O) groups is 2. The van der Waals surface area contributed by atoms with Crippen molar-refractivity contribution in [2.75, 3.05) is 20.1 Å². The van der Waals surface area contributed by atoms with Gasteiger partial charge in [-0.2, -0.15) is 5.26 Å². The molecule has 0 aliphatic carbocycles. The lowest BCUT2D eigenvalue weighted by molar-refractivity contribution is -0.138. The first kappa shape index (κ1) is 14.5. The summed E-state index contributed by atoms with van der Waals surface area (Å²) in [6.07, 6.45) is 1.63. The van der Waals surface area contributed by atoms with Crippen molar-refractivity contribution < 1.29 is 9.59 Å². The van der Waals surface area contributed by atoms with E-state index in [9.17, 15) is 9.59 Å². The molecule has 0 aromatic carbocycles. The number of hydrogen-bond acceptors (Lipinski definition) is 3. The van der Waals surface area contributed by atoms with Crippen molar-refractivity contribution in [3.05, 3.63) is 0 Å². The molecule has 1 N–H and O–H groups in total. The van der Waals surface area contributed by atoms with E-state index < -0.39 is 5.92 Å². The van der Waals surface area contributed by atoms with Crippen LogP contribution in [0, 0.1) is 29.1 Å². The topological polar surface area (TPSA) is 73.2 Å². The second-order valence-electron chi connectivity index (χ2n) is 5.09. The van der Waals surface area contributed by atoms with E-state index >= 15 is 0 Å². The lowest BCUT2D eigenvalue weighted by atomic mass is 9.92. The maximum absolute atomic E-state index is 12.2. The zero-order valence-electron chi connectivity index (χ0n) is 11.3. The Hall–Kier alpha value is -1.57. The van der Waals surface area contributed by atoms with Gasteiger partial charge in [0.25, 0.3) is 0 Å². The monoisotopic (exact) mass is 251 g/mol. The number of amides is 2. The lowest BCUT2D eigenvalue weighted by Crippen LogP contribution is -2.47. The molecule has 2 amide bonds. The van der Waals surface area contributed by atoms with Crippen LogP contribution in [0.2, 0.25) is 0 Å². The molecule has 1 aliphatic heterocycles. The van der Waals surface area contributed by atoms with Gasteiger partial charge in [0.15, 0.2) is 0 Å². The van der Waals surface area contributed by atoms with E-state index in [2.05, 4.69) is 11.4 Å². The van der Waals surface area contributed by atoms with Crippen molar-refractivity contribution in [3.8, 4) is 6.07 Å². The molecule has 1 fully saturated rings. The Balaban J connectivity index is 2.69. The lowest BCUT2D eigenvalue weighted by Gasteiger charge is -2.33. The van der Waals surface area contributed by atoms with E-state index in [1.165, 1.54) is 0 Å². The summed E-state index contributed by atoms with van der Waals surface area (Å²) >= 11 is 0. The molecule has 1 saturated heterocycles. The summed E-state index contributed by atoms with van der Waals surface area (Å²) in [5.41, 5.74) is 0. The third kappa shape index (κ3) is 3.22. The Morgan fingerprint density at radius 2 is 2.11 bits per heavy atom. The smallest absolute Gasteiger partial charge is 0.240 e. The van der Waals surface area contributed by atoms with Crippen LogP contribution in [0.25, 0.3) is 0 Å². The molecule has 1 heterocycles. The van der Waals surface area contributed by atoms with E-state index in [0.29, 0.717) is 13.1 Å². The molecular formula is C13H21N3O2. The molecule has 0 spiro atoms. The average molecular weight is 251 g/mol. The van der Waals surface area contributed by atoms with Gasteiger partial charge in [-0.25, -0.2) is 0 Å². The summed E-state index contributed by atoms with van der Waals surface area (Å²) in [6.45, 7) is 4.82. The van der Waals surface area contributed by atoms with E-state index in [1.807, 2.05) is 13.8 Å². The van der Waals surface area contributed by atoms with Crippen LogP contribution >= 0.6 is 0 Å². The second-order valence-corrected chi connectivity index (χ2v) is 5.09. The maximum atomic E-state index is 12.2. The number of likely N-dealkylation sites (tertiary alicyclic amines) is 1. The predicted octanol–water partition coefficient (Wildman–Crippen LogP) is 0.767. The van der Waals surface area contributed by atoms with E-state index in [1.54, 1.807) is 11.9 Å². The quantitative estimate of drug-likeness (QED) is 0.805. The largest absolute Gasteiger partial charge is 0.359 e. The number of piperidine rings is 1. The van der Waals surface area contributed by atoms with Crippen molar-refractivity contribution in [3.63, 3.8) is 0 Å². The second kappa shape index (κ2) is 6.39. The van der Waals surface area contributed by atoms with Gasteiger partial charge in [0.2, 0.25) is 11.8 Å². The normalized spacial score (nSPS) is 21.3. The van der Waals surface area contributed by atoms with Crippen molar-refractivity contribution in [1.82, 2.24) is 10.2 Å². The van der Waals surface area contributed by atoms with Gasteiger partial charge < -0.3 is 10.2 Å². The summed E-state index contributed by atoms with van der Waals surface area (Å²) in [6, 6.07) is 2.06. The average Bonchev–Trinajstić information content (AvgIpc) is 2.38. The van der Waals surface area contributed by atoms with Crippen molar-refractivity contribution in [2.24, 2.45) is 17.8 Å². The number of carbonyl (C=O) groups excluding carboxylic acids is 2. The zero-order valence-corrected chi connectivity index (χ0v) is 11.3. The number of rotatable bonds is 3. The molecule has 2 unspecified atom stereocenters. The summed E-state index contributed by atoms with van der Waals surface area (Å²) < 4.78 is 0. The predicted molar refractivity (Wildman–Crippen MR) is 67.3 cm³/mol. The molecule has 5 heteroatoms. The Morgan fingerprint density at radius 1 is 1.44 bits per heavy atom. The first-order valence-electron chi connectivity index (χ1n) is 6.41. The van der Waals surface area contributed by atoms with Crippen molar-refractivity contribution >= 4 is 11.8 Å². The van der Waals surface area contributed by atoms with Gasteiger partial charge in [-0.1, -0.05) is 13.8 Å². The Kier molecular flexibility index (Phi) is 5.14. The van der Waals surface area contributed by atoms with Crippen LogP contribution in [-0.2, 0) is 9.59 Å². The molecule has 100 valence electrons. The minimum atomic E-state index is -0.603. The molecule has 0 saturated carbocycles. The van der Waals surface area contributed by atoms with Gasteiger partial charge in [-0.3, -0.25) is 9.59 Å². The molecular weight excluding hydrogens is 230 g/mol. The van der Waals surface area contributed by atoms with Gasteiger partial charge in [0.05, 0.1) is 12.0 Å². The number of nitriles is 1. The third-order valence-corrected chi connectivity index (χ3v) is 3.42. The summed E-state index contributed by atoms with van der Waals surface area (Å²) in [5, 5.41) is 11.7. The zero-order chi connectivity index (χ0) is 13.7. The van der Waals surface area contributed by atoms with Crippen LogP contribution in [0.4, 0.5) is 0 Å². The van der Waals surface area contributed by atoms with Crippen LogP contribution in [0.5, 0.6) is 0 Å². The van der Waals surface area contributed by atoms with Crippen LogP contribution < -0.4 is 5.32 Å². The van der Waals surface area contributed by atoms with Gasteiger partial charge in [-0.15, -0.1) is 0 Å². The minimum Gasteiger partial charge on any atom is -0.359 e. The molecule has 0 aromatic heterocycles. The Labute approximate surface area is 108 Å². The van der Waals surface area contributed by atoms with Gasteiger partial charge >= 0.3 is 0 Å². The summed E-state index contributed by atoms with van der Waals surface area (Å²) in [4.78, 5) is 25.5. The molecule has 0 radical (unpaired) electrons. The fourth-order valence-electron chi connectivity index (χ4n) is 2.28. The van der Waals surface area contributed by atoms with E-state index in [4.69, 9.17) is 5.26 Å². The van der Waals surface area contributed by atoms with Crippen LogP contribution in [0.3, 0.4) is 0 Å². The Morgan fingerprint density at radius 3 is 2.61 bits per heavy atom. The van der Waals surface area contributed by atoms with Crippen LogP contribution in [0.15, 0.2) is 0 Å². The first-order chi connectivity index (χ1) is 8.51. The van der Waals surface area contributed by atoms with Crippen LogP contribution in [-0.4, -0.2) is 36.9 Å². The maximum Gasteiger partial charge on any atom is 0.240 e. The SMILES string of the molecule is CNC(=O)C1CCCN(C(=O)C(C#N)C(C)C)C1. The fraction of sp³-hybridized carbons (Fsp3) is 0.769. The number of nitrogens with zero attached hydrogens (tertiary/aromatic N) is 2. The van der Waals surface area contributed by atoms with Crippen molar-refractivity contribution in [2.45, 2.75) is 26.7 Å². The highest BCUT2D eigenvalue weighted by Crippen LogP contribution is 2.21. The van der Waals surface area contributed by atoms with Crippen molar-refractivity contribution in [1.29, 1.82) is 5.26 Å². The molecule has 1 rings (SSSR count). The standard InChI is InChI=1S/C13H21N3O2/c1-9(2)11(7-14)13(18)16-6-4-5-10(8-16)12(17)15-3/h9-11H,4-6,8H2,1-3H3,(H,15,17). The van der Waals surface area contributed by atoms with Gasteiger partial charge in [-0.05, 0) is 18.8 Å². The Bertz CT molecular complexity index is 360. The van der Waals surface area contributed by atoms with Gasteiger partial charge in [0.1, 0.15) is 5.92 Å². The minimum absolute atomic E-state index is 0.00267. The van der Waals surface area contributed by atoms with Crippen LogP contribution in [0.1, 0.15) is 26.7 Å². The molecule has 2 atom stereocenters. The molecule has 0 aromatic rings. The highest BCUT2D eigenvalue weighted by atomic mass is 16.2. The summed E-state index contributed by atoms with van der Waals surface area (Å²) in [5.74, 6) is -0.901. The van der Waals surface area contributed by atoms with Gasteiger partial charge in [0, 0.05) is 20.1 Å². The molecule has 0 bridgehead atoms.